The first-order chi connectivity index (χ1) is 19.3. The van der Waals surface area contributed by atoms with Crippen molar-refractivity contribution < 1.29 is 22.0 Å². The summed E-state index contributed by atoms with van der Waals surface area (Å²) in [6.07, 6.45) is 1.58. The van der Waals surface area contributed by atoms with Gasteiger partial charge in [-0.05, 0) is 48.0 Å². The average molecular weight is 579 g/mol. The van der Waals surface area contributed by atoms with Gasteiger partial charge in [0.05, 0.1) is 21.8 Å². The maximum Gasteiger partial charge on any atom is 0.260 e. The van der Waals surface area contributed by atoms with Crippen molar-refractivity contribution in [1.29, 1.82) is 0 Å². The Labute approximate surface area is 234 Å². The van der Waals surface area contributed by atoms with Gasteiger partial charge in [-0.2, -0.15) is 4.31 Å². The van der Waals surface area contributed by atoms with Gasteiger partial charge in [0, 0.05) is 30.9 Å². The molecule has 0 bridgehead atoms. The third kappa shape index (κ3) is 5.76. The minimum absolute atomic E-state index is 0.0182. The molecule has 0 atom stereocenters. The summed E-state index contributed by atoms with van der Waals surface area (Å²) in [4.78, 5) is 23.6. The number of benzene rings is 3. The summed E-state index contributed by atoms with van der Waals surface area (Å²) >= 11 is 0.975. The Hall–Kier alpha value is -4.06. The van der Waals surface area contributed by atoms with Crippen LogP contribution in [0.4, 0.5) is 13.9 Å². The average Bonchev–Trinajstić information content (AvgIpc) is 3.39. The molecule has 0 radical (unpaired) electrons. The fourth-order valence-electron chi connectivity index (χ4n) is 4.17. The molecule has 0 spiro atoms. The molecule has 2 heterocycles. The Kier molecular flexibility index (Phi) is 7.97. The Bertz CT molecular complexity index is 1750. The van der Waals surface area contributed by atoms with Crippen molar-refractivity contribution in [2.24, 2.45) is 0 Å². The lowest BCUT2D eigenvalue weighted by Crippen LogP contribution is -2.31. The van der Waals surface area contributed by atoms with Gasteiger partial charge in [-0.25, -0.2) is 22.2 Å². The van der Waals surface area contributed by atoms with Crippen molar-refractivity contribution in [2.75, 3.05) is 11.4 Å². The normalized spacial score (nSPS) is 11.7. The summed E-state index contributed by atoms with van der Waals surface area (Å²) in [5.41, 5.74) is 1.57. The Morgan fingerprint density at radius 3 is 2.33 bits per heavy atom. The zero-order valence-electron chi connectivity index (χ0n) is 21.4. The summed E-state index contributed by atoms with van der Waals surface area (Å²) in [5.74, 6) is -2.06. The van der Waals surface area contributed by atoms with Crippen LogP contribution in [0.25, 0.3) is 10.2 Å². The van der Waals surface area contributed by atoms with E-state index in [-0.39, 0.29) is 45.4 Å². The number of halogens is 2. The summed E-state index contributed by atoms with van der Waals surface area (Å²) in [5, 5.41) is 0.159. The predicted molar refractivity (Wildman–Crippen MR) is 150 cm³/mol. The molecule has 204 valence electrons. The highest BCUT2D eigenvalue weighted by atomic mass is 32.2. The molecule has 7 nitrogen and oxygen atoms in total. The number of carbonyl (C=O) groups is 1. The molecule has 0 unspecified atom stereocenters. The van der Waals surface area contributed by atoms with Crippen molar-refractivity contribution in [3.8, 4) is 0 Å². The molecule has 0 saturated carbocycles. The quantitative estimate of drug-likeness (QED) is 0.213. The lowest BCUT2D eigenvalue weighted by Gasteiger charge is -2.22. The lowest BCUT2D eigenvalue weighted by molar-refractivity contribution is 0.0984. The Morgan fingerprint density at radius 1 is 0.925 bits per heavy atom. The first kappa shape index (κ1) is 27.5. The molecule has 3 aromatic carbocycles. The van der Waals surface area contributed by atoms with Gasteiger partial charge >= 0.3 is 0 Å². The smallest absolute Gasteiger partial charge is 0.260 e. The molecule has 0 saturated heterocycles. The number of fused-ring (bicyclic) bond motifs is 1. The zero-order valence-corrected chi connectivity index (χ0v) is 23.0. The van der Waals surface area contributed by atoms with E-state index in [4.69, 9.17) is 0 Å². The van der Waals surface area contributed by atoms with E-state index in [2.05, 4.69) is 9.97 Å². The highest BCUT2D eigenvalue weighted by molar-refractivity contribution is 7.89. The molecule has 0 N–H and O–H groups in total. The van der Waals surface area contributed by atoms with E-state index in [0.29, 0.717) is 5.69 Å². The molecule has 11 heteroatoms. The second-order valence-corrected chi connectivity index (χ2v) is 11.8. The van der Waals surface area contributed by atoms with E-state index in [9.17, 15) is 22.0 Å². The molecule has 0 aliphatic heterocycles. The first-order valence-electron chi connectivity index (χ1n) is 12.4. The van der Waals surface area contributed by atoms with Crippen molar-refractivity contribution in [1.82, 2.24) is 14.3 Å². The number of sulfonamides is 1. The van der Waals surface area contributed by atoms with E-state index >= 15 is 0 Å². The topological polar surface area (TPSA) is 83.5 Å². The van der Waals surface area contributed by atoms with Crippen molar-refractivity contribution in [2.45, 2.75) is 24.9 Å². The van der Waals surface area contributed by atoms with Crippen molar-refractivity contribution in [3.05, 3.63) is 120 Å². The molecule has 0 aliphatic rings. The number of nitrogens with zero attached hydrogens (tertiary/aromatic N) is 4. The predicted octanol–water partition coefficient (Wildman–Crippen LogP) is 6.03. The van der Waals surface area contributed by atoms with Crippen LogP contribution in [-0.2, 0) is 23.1 Å². The van der Waals surface area contributed by atoms with Crippen LogP contribution in [0.15, 0.2) is 96.0 Å². The largest absolute Gasteiger partial charge is 0.278 e. The second-order valence-electron chi connectivity index (χ2n) is 8.88. The number of rotatable bonds is 9. The fourth-order valence-corrected chi connectivity index (χ4v) is 6.61. The van der Waals surface area contributed by atoms with Gasteiger partial charge in [0.25, 0.3) is 5.91 Å². The van der Waals surface area contributed by atoms with Crippen LogP contribution in [0.5, 0.6) is 0 Å². The van der Waals surface area contributed by atoms with Gasteiger partial charge in [-0.1, -0.05) is 54.7 Å². The zero-order chi connectivity index (χ0) is 28.3. The summed E-state index contributed by atoms with van der Waals surface area (Å²) in [6.45, 7) is 2.27. The Balaban J connectivity index is 1.46. The van der Waals surface area contributed by atoms with E-state index < -0.39 is 27.6 Å². The highest BCUT2D eigenvalue weighted by Gasteiger charge is 2.26. The molecule has 2 aromatic heterocycles. The number of amides is 1. The molecule has 5 rings (SSSR count). The van der Waals surface area contributed by atoms with Crippen molar-refractivity contribution >= 4 is 42.6 Å². The first-order valence-corrected chi connectivity index (χ1v) is 14.6. The van der Waals surface area contributed by atoms with Gasteiger partial charge in [-0.3, -0.25) is 14.7 Å². The van der Waals surface area contributed by atoms with Crippen LogP contribution >= 0.6 is 11.3 Å². The van der Waals surface area contributed by atoms with Crippen LogP contribution in [0, 0.1) is 11.6 Å². The fraction of sp³-hybridized carbons (Fsp3) is 0.138. The second kappa shape index (κ2) is 11.6. The third-order valence-electron chi connectivity index (χ3n) is 6.22. The maximum absolute atomic E-state index is 14.4. The minimum Gasteiger partial charge on any atom is -0.278 e. The summed E-state index contributed by atoms with van der Waals surface area (Å²) < 4.78 is 56.5. The van der Waals surface area contributed by atoms with Crippen LogP contribution in [0.2, 0.25) is 0 Å². The molecular weight excluding hydrogens is 554 g/mol. The number of hydrogen-bond acceptors (Lipinski definition) is 6. The van der Waals surface area contributed by atoms with Gasteiger partial charge in [-0.15, -0.1) is 0 Å². The molecule has 0 aliphatic carbocycles. The maximum atomic E-state index is 14.4. The van der Waals surface area contributed by atoms with Crippen LogP contribution in [0.1, 0.15) is 28.5 Å². The van der Waals surface area contributed by atoms with Crippen LogP contribution in [0.3, 0.4) is 0 Å². The number of aromatic nitrogens is 2. The van der Waals surface area contributed by atoms with E-state index in [1.165, 1.54) is 33.5 Å². The molecule has 5 aromatic rings. The summed E-state index contributed by atoms with van der Waals surface area (Å²) in [6, 6.07) is 22.1. The van der Waals surface area contributed by atoms with E-state index in [1.54, 1.807) is 31.3 Å². The molecule has 40 heavy (non-hydrogen) atoms. The van der Waals surface area contributed by atoms with Gasteiger partial charge in [0.1, 0.15) is 11.3 Å². The van der Waals surface area contributed by atoms with Gasteiger partial charge in [0.15, 0.2) is 10.9 Å². The molecule has 0 fully saturated rings. The molecular formula is C29H24F2N4O3S2. The minimum atomic E-state index is -3.83. The summed E-state index contributed by atoms with van der Waals surface area (Å²) in [7, 11) is -3.83. The standard InChI is InChI=1S/C29H24F2N4O3S2/c1-2-34(18-20-8-4-3-5-9-20)40(37,38)24-13-11-21(12-14-24)28(36)35(19-23-10-6-7-15-32-23)29-33-27-25(31)16-22(30)17-26(27)39-29/h3-17H,2,18-19H2,1H3. The monoisotopic (exact) mass is 578 g/mol. The SMILES string of the molecule is CCN(Cc1ccccc1)S(=O)(=O)c1ccc(C(=O)N(Cc2ccccn2)c2nc3c(F)cc(F)cc3s2)cc1. The Morgan fingerprint density at radius 2 is 1.65 bits per heavy atom. The van der Waals surface area contributed by atoms with Gasteiger partial charge < -0.3 is 0 Å². The number of carbonyl (C=O) groups excluding carboxylic acids is 1. The van der Waals surface area contributed by atoms with E-state index in [1.807, 2.05) is 30.3 Å². The third-order valence-corrected chi connectivity index (χ3v) is 9.18. The number of pyridine rings is 1. The molecule has 1 amide bonds. The lowest BCUT2D eigenvalue weighted by atomic mass is 10.2. The van der Waals surface area contributed by atoms with E-state index in [0.717, 1.165) is 29.0 Å². The van der Waals surface area contributed by atoms with Crippen molar-refractivity contribution in [3.63, 3.8) is 0 Å². The number of hydrogen-bond donors (Lipinski definition) is 0. The van der Waals surface area contributed by atoms with Crippen LogP contribution < -0.4 is 4.90 Å². The number of thiazole rings is 1. The van der Waals surface area contributed by atoms with Crippen LogP contribution in [-0.4, -0.2) is 35.1 Å². The highest BCUT2D eigenvalue weighted by Crippen LogP contribution is 2.33. The van der Waals surface area contributed by atoms with Gasteiger partial charge in [0.2, 0.25) is 10.0 Å². The number of anilines is 1.